The molecule has 0 atom stereocenters. The van der Waals surface area contributed by atoms with Gasteiger partial charge in [0.2, 0.25) is 5.91 Å². The number of hydrogen-bond donors (Lipinski definition) is 1. The maximum absolute atomic E-state index is 12.4. The Morgan fingerprint density at radius 2 is 2.00 bits per heavy atom. The number of fused-ring (bicyclic) bond motifs is 1. The van der Waals surface area contributed by atoms with Crippen LogP contribution in [-0.4, -0.2) is 27.9 Å². The molecule has 0 spiro atoms. The molecular weight excluding hydrogens is 236 g/mol. The number of benzene rings is 1. The number of amides is 1. The van der Waals surface area contributed by atoms with Crippen LogP contribution in [0.2, 0.25) is 0 Å². The highest BCUT2D eigenvalue weighted by Gasteiger charge is 2.24. The fraction of sp³-hybridized carbons (Fsp3) is 0.438. The van der Waals surface area contributed by atoms with Crippen LogP contribution in [0, 0.1) is 0 Å². The molecule has 1 aromatic heterocycles. The second-order valence-corrected chi connectivity index (χ2v) is 5.88. The zero-order valence-corrected chi connectivity index (χ0v) is 12.2. The van der Waals surface area contributed by atoms with Crippen LogP contribution in [0.5, 0.6) is 0 Å². The minimum absolute atomic E-state index is 0.121. The van der Waals surface area contributed by atoms with E-state index in [0.29, 0.717) is 6.42 Å². The molecule has 0 aliphatic carbocycles. The summed E-state index contributed by atoms with van der Waals surface area (Å²) in [6.07, 6.45) is 2.38. The highest BCUT2D eigenvalue weighted by molar-refractivity contribution is 5.83. The molecule has 2 rings (SSSR count). The predicted octanol–water partition coefficient (Wildman–Crippen LogP) is 3.36. The normalized spacial score (nSPS) is 11.8. The smallest absolute Gasteiger partial charge is 0.227 e. The molecule has 0 saturated heterocycles. The van der Waals surface area contributed by atoms with Gasteiger partial charge in [0.15, 0.2) is 0 Å². The third-order valence-electron chi connectivity index (χ3n) is 3.40. The lowest BCUT2D eigenvalue weighted by Crippen LogP contribution is -2.46. The zero-order valence-electron chi connectivity index (χ0n) is 12.2. The minimum Gasteiger partial charge on any atom is -0.361 e. The molecule has 102 valence electrons. The first kappa shape index (κ1) is 13.7. The first-order valence-electron chi connectivity index (χ1n) is 6.78. The molecule has 0 bridgehead atoms. The number of nitrogens with one attached hydrogen (secondary N) is 1. The molecule has 0 unspecified atom stereocenters. The molecular formula is C16H22N2O. The summed E-state index contributed by atoms with van der Waals surface area (Å²) in [7, 11) is 0. The molecule has 3 nitrogen and oxygen atoms in total. The van der Waals surface area contributed by atoms with E-state index >= 15 is 0 Å². The second kappa shape index (κ2) is 5.08. The highest BCUT2D eigenvalue weighted by Crippen LogP contribution is 2.18. The summed E-state index contributed by atoms with van der Waals surface area (Å²) in [5, 5.41) is 1.16. The summed E-state index contributed by atoms with van der Waals surface area (Å²) in [5.41, 5.74) is 2.06. The van der Waals surface area contributed by atoms with E-state index in [9.17, 15) is 4.79 Å². The maximum Gasteiger partial charge on any atom is 0.227 e. The van der Waals surface area contributed by atoms with E-state index < -0.39 is 0 Å². The Balaban J connectivity index is 2.17. The largest absolute Gasteiger partial charge is 0.361 e. The van der Waals surface area contributed by atoms with Gasteiger partial charge in [0, 0.05) is 23.8 Å². The van der Waals surface area contributed by atoms with E-state index in [2.05, 4.69) is 31.8 Å². The lowest BCUT2D eigenvalue weighted by Gasteiger charge is -2.35. The molecule has 2 aromatic rings. The van der Waals surface area contributed by atoms with Gasteiger partial charge < -0.3 is 9.88 Å². The number of H-pyrrole nitrogens is 1. The summed E-state index contributed by atoms with van der Waals surface area (Å²) in [5.74, 6) is 0.185. The molecule has 1 N–H and O–H groups in total. The maximum atomic E-state index is 12.4. The lowest BCUT2D eigenvalue weighted by molar-refractivity contribution is -0.134. The molecule has 0 fully saturated rings. The number of nitrogens with zero attached hydrogens (tertiary/aromatic N) is 1. The highest BCUT2D eigenvalue weighted by atomic mass is 16.2. The lowest BCUT2D eigenvalue weighted by atomic mass is 10.0. The Hall–Kier alpha value is -1.77. The van der Waals surface area contributed by atoms with Crippen LogP contribution >= 0.6 is 0 Å². The van der Waals surface area contributed by atoms with Gasteiger partial charge in [-0.25, -0.2) is 0 Å². The Bertz CT molecular complexity index is 578. The minimum atomic E-state index is -0.121. The van der Waals surface area contributed by atoms with Crippen LogP contribution in [0.4, 0.5) is 0 Å². The number of carbonyl (C=O) groups excluding carboxylic acids is 1. The zero-order chi connectivity index (χ0) is 14.0. The van der Waals surface area contributed by atoms with Crippen molar-refractivity contribution in [3.63, 3.8) is 0 Å². The Morgan fingerprint density at radius 1 is 1.26 bits per heavy atom. The average Bonchev–Trinajstić information content (AvgIpc) is 2.74. The summed E-state index contributed by atoms with van der Waals surface area (Å²) in [4.78, 5) is 17.5. The first-order chi connectivity index (χ1) is 8.91. The van der Waals surface area contributed by atoms with Crippen LogP contribution in [0.25, 0.3) is 10.9 Å². The van der Waals surface area contributed by atoms with Gasteiger partial charge in [0.1, 0.15) is 0 Å². The molecule has 19 heavy (non-hydrogen) atoms. The van der Waals surface area contributed by atoms with Crippen molar-refractivity contribution in [2.75, 3.05) is 6.54 Å². The number of aromatic nitrogens is 1. The van der Waals surface area contributed by atoms with Crippen molar-refractivity contribution >= 4 is 16.8 Å². The third-order valence-corrected chi connectivity index (χ3v) is 3.40. The molecule has 0 aliphatic heterocycles. The monoisotopic (exact) mass is 258 g/mol. The van der Waals surface area contributed by atoms with Crippen molar-refractivity contribution < 1.29 is 4.79 Å². The van der Waals surface area contributed by atoms with E-state index in [0.717, 1.165) is 23.0 Å². The van der Waals surface area contributed by atoms with Crippen LogP contribution < -0.4 is 0 Å². The van der Waals surface area contributed by atoms with E-state index in [1.807, 2.05) is 36.2 Å². The van der Waals surface area contributed by atoms with Crippen LogP contribution in [0.1, 0.15) is 33.3 Å². The molecule has 1 heterocycles. The van der Waals surface area contributed by atoms with E-state index in [1.165, 1.54) is 0 Å². The number of aromatic amines is 1. The number of hydrogen-bond acceptors (Lipinski definition) is 1. The Kier molecular flexibility index (Phi) is 3.65. The Labute approximate surface area is 114 Å². The fourth-order valence-corrected chi connectivity index (χ4v) is 2.51. The second-order valence-electron chi connectivity index (χ2n) is 5.88. The van der Waals surface area contributed by atoms with Gasteiger partial charge in [-0.05, 0) is 56.8 Å². The van der Waals surface area contributed by atoms with E-state index in [4.69, 9.17) is 0 Å². The van der Waals surface area contributed by atoms with E-state index in [1.54, 1.807) is 0 Å². The van der Waals surface area contributed by atoms with Gasteiger partial charge in [-0.3, -0.25) is 4.79 Å². The SMILES string of the molecule is CCN(C(=O)Cc1ccc2[nH]ccc2c1)C(C)(C)C. The van der Waals surface area contributed by atoms with Crippen LogP contribution in [-0.2, 0) is 11.2 Å². The standard InChI is InChI=1S/C16H22N2O/c1-5-18(16(2,3)4)15(19)11-12-6-7-14-13(10-12)8-9-17-14/h6-10,17H,5,11H2,1-4H3. The van der Waals surface area contributed by atoms with Crippen molar-refractivity contribution in [3.05, 3.63) is 36.0 Å². The topological polar surface area (TPSA) is 36.1 Å². The van der Waals surface area contributed by atoms with E-state index in [-0.39, 0.29) is 11.4 Å². The van der Waals surface area contributed by atoms with Gasteiger partial charge >= 0.3 is 0 Å². The van der Waals surface area contributed by atoms with Crippen LogP contribution in [0.3, 0.4) is 0 Å². The summed E-state index contributed by atoms with van der Waals surface area (Å²) in [6, 6.07) is 8.17. The van der Waals surface area contributed by atoms with Crippen molar-refractivity contribution in [1.29, 1.82) is 0 Å². The molecule has 1 aromatic carbocycles. The molecule has 0 aliphatic rings. The van der Waals surface area contributed by atoms with Gasteiger partial charge in [0.25, 0.3) is 0 Å². The number of carbonyl (C=O) groups is 1. The Morgan fingerprint density at radius 3 is 2.63 bits per heavy atom. The van der Waals surface area contributed by atoms with Gasteiger partial charge in [0.05, 0.1) is 6.42 Å². The first-order valence-corrected chi connectivity index (χ1v) is 6.78. The van der Waals surface area contributed by atoms with Crippen molar-refractivity contribution in [3.8, 4) is 0 Å². The fourth-order valence-electron chi connectivity index (χ4n) is 2.51. The molecule has 3 heteroatoms. The summed E-state index contributed by atoms with van der Waals surface area (Å²) < 4.78 is 0. The quantitative estimate of drug-likeness (QED) is 0.900. The van der Waals surface area contributed by atoms with Gasteiger partial charge in [-0.15, -0.1) is 0 Å². The number of rotatable bonds is 3. The molecule has 1 amide bonds. The third kappa shape index (κ3) is 2.98. The average molecular weight is 258 g/mol. The van der Waals surface area contributed by atoms with Gasteiger partial charge in [-0.1, -0.05) is 6.07 Å². The van der Waals surface area contributed by atoms with Crippen molar-refractivity contribution in [2.45, 2.75) is 39.7 Å². The van der Waals surface area contributed by atoms with Crippen LogP contribution in [0.15, 0.2) is 30.5 Å². The summed E-state index contributed by atoms with van der Waals surface area (Å²) >= 11 is 0. The van der Waals surface area contributed by atoms with Gasteiger partial charge in [-0.2, -0.15) is 0 Å². The predicted molar refractivity (Wildman–Crippen MR) is 79.1 cm³/mol. The van der Waals surface area contributed by atoms with Crippen molar-refractivity contribution in [2.24, 2.45) is 0 Å². The van der Waals surface area contributed by atoms with Crippen molar-refractivity contribution in [1.82, 2.24) is 9.88 Å². The summed E-state index contributed by atoms with van der Waals surface area (Å²) in [6.45, 7) is 8.99. The molecule has 0 saturated carbocycles. The number of likely N-dealkylation sites (N-methyl/N-ethyl adjacent to an activating group) is 1. The molecule has 0 radical (unpaired) electrons.